The van der Waals surface area contributed by atoms with Gasteiger partial charge in [-0.05, 0) is 17.7 Å². The fraction of sp³-hybridized carbons (Fsp3) is 0.417. The van der Waals surface area contributed by atoms with Crippen LogP contribution in [0.15, 0.2) is 24.3 Å². The number of sulfonamides is 1. The van der Waals surface area contributed by atoms with Crippen molar-refractivity contribution >= 4 is 10.0 Å². The molecule has 0 bridgehead atoms. The first-order valence-corrected chi connectivity index (χ1v) is 7.19. The van der Waals surface area contributed by atoms with Gasteiger partial charge in [0.2, 0.25) is 10.0 Å². The summed E-state index contributed by atoms with van der Waals surface area (Å²) in [5.74, 6) is -0.569. The van der Waals surface area contributed by atoms with Crippen molar-refractivity contribution in [1.82, 2.24) is 4.31 Å². The highest BCUT2D eigenvalue weighted by atomic mass is 32.2. The topological polar surface area (TPSA) is 61.2 Å². The molecule has 18 heavy (non-hydrogen) atoms. The van der Waals surface area contributed by atoms with Gasteiger partial charge in [0.25, 0.3) is 0 Å². The molecular formula is C12H15FN2O2S. The van der Waals surface area contributed by atoms with E-state index in [2.05, 4.69) is 0 Å². The molecule has 6 heteroatoms. The van der Waals surface area contributed by atoms with E-state index < -0.39 is 15.8 Å². The van der Waals surface area contributed by atoms with E-state index in [-0.39, 0.29) is 18.7 Å². The quantitative estimate of drug-likeness (QED) is 0.793. The van der Waals surface area contributed by atoms with Crippen LogP contribution in [-0.2, 0) is 15.8 Å². The van der Waals surface area contributed by atoms with Crippen LogP contribution in [0.2, 0.25) is 0 Å². The molecule has 0 atom stereocenters. The lowest BCUT2D eigenvalue weighted by Gasteiger charge is -2.19. The number of benzene rings is 1. The van der Waals surface area contributed by atoms with Crippen molar-refractivity contribution in [3.05, 3.63) is 35.6 Å². The first-order valence-electron chi connectivity index (χ1n) is 5.59. The maximum absolute atomic E-state index is 12.7. The summed E-state index contributed by atoms with van der Waals surface area (Å²) in [5, 5.41) is 8.48. The average molecular weight is 270 g/mol. The number of hydrogen-bond acceptors (Lipinski definition) is 3. The summed E-state index contributed by atoms with van der Waals surface area (Å²) in [7, 11) is -3.45. The number of rotatable bonds is 6. The molecule has 0 fully saturated rings. The molecule has 0 spiro atoms. The summed E-state index contributed by atoms with van der Waals surface area (Å²) in [6.45, 7) is 2.24. The van der Waals surface area contributed by atoms with Gasteiger partial charge in [-0.2, -0.15) is 5.26 Å². The van der Waals surface area contributed by atoms with Crippen molar-refractivity contribution in [2.45, 2.75) is 19.1 Å². The third kappa shape index (κ3) is 4.09. The van der Waals surface area contributed by atoms with Crippen molar-refractivity contribution in [2.75, 3.05) is 13.1 Å². The van der Waals surface area contributed by atoms with E-state index in [4.69, 9.17) is 5.26 Å². The molecule has 1 rings (SSSR count). The van der Waals surface area contributed by atoms with Gasteiger partial charge in [0.05, 0.1) is 11.8 Å². The van der Waals surface area contributed by atoms with Crippen LogP contribution < -0.4 is 0 Å². The predicted octanol–water partition coefficient (Wildman–Crippen LogP) is 1.89. The Morgan fingerprint density at radius 3 is 2.44 bits per heavy atom. The van der Waals surface area contributed by atoms with Gasteiger partial charge < -0.3 is 0 Å². The van der Waals surface area contributed by atoms with Gasteiger partial charge >= 0.3 is 0 Å². The van der Waals surface area contributed by atoms with Gasteiger partial charge in [-0.3, -0.25) is 0 Å². The Morgan fingerprint density at radius 1 is 1.33 bits per heavy atom. The fourth-order valence-corrected chi connectivity index (χ4v) is 3.11. The van der Waals surface area contributed by atoms with E-state index in [1.54, 1.807) is 6.92 Å². The summed E-state index contributed by atoms with van der Waals surface area (Å²) in [5.41, 5.74) is 0.534. The van der Waals surface area contributed by atoms with Crippen molar-refractivity contribution < 1.29 is 12.8 Å². The van der Waals surface area contributed by atoms with E-state index >= 15 is 0 Å². The zero-order valence-electron chi connectivity index (χ0n) is 10.1. The van der Waals surface area contributed by atoms with Crippen LogP contribution in [0.5, 0.6) is 0 Å². The largest absolute Gasteiger partial charge is 0.218 e. The molecule has 1 aromatic rings. The maximum atomic E-state index is 12.7. The molecule has 98 valence electrons. The lowest BCUT2D eigenvalue weighted by Crippen LogP contribution is -2.32. The van der Waals surface area contributed by atoms with Gasteiger partial charge in [0.15, 0.2) is 0 Å². The predicted molar refractivity (Wildman–Crippen MR) is 66.5 cm³/mol. The summed E-state index contributed by atoms with van der Waals surface area (Å²) in [6, 6.07) is 7.28. The molecule has 0 amide bonds. The molecule has 0 N–H and O–H groups in total. The third-order valence-electron chi connectivity index (χ3n) is 2.48. The molecule has 0 saturated heterocycles. The SMILES string of the molecule is CCN(CCC#N)S(=O)(=O)Cc1ccc(F)cc1. The second-order valence-corrected chi connectivity index (χ2v) is 5.75. The monoisotopic (exact) mass is 270 g/mol. The van der Waals surface area contributed by atoms with E-state index in [0.717, 1.165) is 0 Å². The molecule has 0 aromatic heterocycles. The number of halogens is 1. The Morgan fingerprint density at radius 2 is 1.94 bits per heavy atom. The summed E-state index contributed by atoms with van der Waals surface area (Å²) >= 11 is 0. The van der Waals surface area contributed by atoms with Crippen molar-refractivity contribution in [3.63, 3.8) is 0 Å². The maximum Gasteiger partial charge on any atom is 0.218 e. The van der Waals surface area contributed by atoms with Crippen molar-refractivity contribution in [1.29, 1.82) is 5.26 Å². The molecule has 4 nitrogen and oxygen atoms in total. The Hall–Kier alpha value is -1.45. The second-order valence-electron chi connectivity index (χ2n) is 3.78. The minimum atomic E-state index is -3.45. The Kier molecular flexibility index (Phi) is 5.25. The summed E-state index contributed by atoms with van der Waals surface area (Å²) in [6.07, 6.45) is 0.163. The van der Waals surface area contributed by atoms with Crippen LogP contribution in [0.3, 0.4) is 0 Å². The van der Waals surface area contributed by atoms with E-state index in [1.807, 2.05) is 6.07 Å². The molecular weight excluding hydrogens is 255 g/mol. The van der Waals surface area contributed by atoms with Crippen LogP contribution in [0, 0.1) is 17.1 Å². The molecule has 0 aliphatic heterocycles. The van der Waals surface area contributed by atoms with Gasteiger partial charge in [-0.25, -0.2) is 17.1 Å². The molecule has 1 aromatic carbocycles. The van der Waals surface area contributed by atoms with Crippen LogP contribution in [0.25, 0.3) is 0 Å². The lowest BCUT2D eigenvalue weighted by atomic mass is 10.2. The highest BCUT2D eigenvalue weighted by Crippen LogP contribution is 2.12. The van der Waals surface area contributed by atoms with Crippen LogP contribution in [0.4, 0.5) is 4.39 Å². The summed E-state index contributed by atoms with van der Waals surface area (Å²) in [4.78, 5) is 0. The second kappa shape index (κ2) is 6.47. The first-order chi connectivity index (χ1) is 8.49. The minimum Gasteiger partial charge on any atom is -0.212 e. The molecule has 0 heterocycles. The van der Waals surface area contributed by atoms with Gasteiger partial charge in [0, 0.05) is 19.5 Å². The van der Waals surface area contributed by atoms with Crippen LogP contribution >= 0.6 is 0 Å². The molecule has 0 aliphatic rings. The zero-order chi connectivity index (χ0) is 13.6. The van der Waals surface area contributed by atoms with Crippen molar-refractivity contribution in [2.24, 2.45) is 0 Å². The number of nitrogens with zero attached hydrogens (tertiary/aromatic N) is 2. The minimum absolute atomic E-state index is 0.163. The zero-order valence-corrected chi connectivity index (χ0v) is 11.0. The lowest BCUT2D eigenvalue weighted by molar-refractivity contribution is 0.434. The third-order valence-corrected chi connectivity index (χ3v) is 4.41. The number of nitriles is 1. The van der Waals surface area contributed by atoms with Crippen LogP contribution in [-0.4, -0.2) is 25.8 Å². The van der Waals surface area contributed by atoms with E-state index in [9.17, 15) is 12.8 Å². The molecule has 0 unspecified atom stereocenters. The Balaban J connectivity index is 2.80. The van der Waals surface area contributed by atoms with Crippen LogP contribution in [0.1, 0.15) is 18.9 Å². The van der Waals surface area contributed by atoms with E-state index in [0.29, 0.717) is 12.1 Å². The van der Waals surface area contributed by atoms with Gasteiger partial charge in [0.1, 0.15) is 5.82 Å². The smallest absolute Gasteiger partial charge is 0.212 e. The average Bonchev–Trinajstić information content (AvgIpc) is 2.32. The van der Waals surface area contributed by atoms with E-state index in [1.165, 1.54) is 28.6 Å². The van der Waals surface area contributed by atoms with Crippen molar-refractivity contribution in [3.8, 4) is 6.07 Å². The first kappa shape index (κ1) is 14.6. The highest BCUT2D eigenvalue weighted by Gasteiger charge is 2.20. The molecule has 0 aliphatic carbocycles. The van der Waals surface area contributed by atoms with Gasteiger partial charge in [-0.15, -0.1) is 0 Å². The van der Waals surface area contributed by atoms with Gasteiger partial charge in [-0.1, -0.05) is 19.1 Å². The standard InChI is InChI=1S/C12H15FN2O2S/c1-2-15(9-3-8-14)18(16,17)10-11-4-6-12(13)7-5-11/h4-7H,2-3,9-10H2,1H3. The highest BCUT2D eigenvalue weighted by molar-refractivity contribution is 7.88. The molecule has 0 saturated carbocycles. The number of hydrogen-bond donors (Lipinski definition) is 0. The fourth-order valence-electron chi connectivity index (χ4n) is 1.55. The Bertz CT molecular complexity index is 520. The normalized spacial score (nSPS) is 11.4. The Labute approximate surface area is 107 Å². The molecule has 0 radical (unpaired) electrons. The summed E-state index contributed by atoms with van der Waals surface area (Å²) < 4.78 is 38.1.